The van der Waals surface area contributed by atoms with Crippen molar-refractivity contribution in [3.8, 4) is 0 Å². The summed E-state index contributed by atoms with van der Waals surface area (Å²) in [5.41, 5.74) is 6.66. The van der Waals surface area contributed by atoms with E-state index in [2.05, 4.69) is 4.72 Å². The van der Waals surface area contributed by atoms with Crippen LogP contribution >= 0.6 is 0 Å². The molecule has 4 rings (SSSR count). The van der Waals surface area contributed by atoms with Gasteiger partial charge in [-0.15, -0.1) is 0 Å². The van der Waals surface area contributed by atoms with Gasteiger partial charge in [0.05, 0.1) is 4.90 Å². The number of benzene rings is 1. The molecule has 130 valence electrons. The van der Waals surface area contributed by atoms with E-state index in [1.165, 1.54) is 12.1 Å². The lowest BCUT2D eigenvalue weighted by Crippen LogP contribution is -2.33. The van der Waals surface area contributed by atoms with Gasteiger partial charge in [-0.05, 0) is 61.8 Å². The summed E-state index contributed by atoms with van der Waals surface area (Å²) >= 11 is 0. The van der Waals surface area contributed by atoms with Crippen molar-refractivity contribution >= 4 is 15.9 Å². The molecule has 1 aromatic carbocycles. The van der Waals surface area contributed by atoms with E-state index < -0.39 is 10.0 Å². The molecule has 7 heteroatoms. The standard InChI is InChI=1S/C17H23N3O3S/c18-16-8-3-12-9-20(10-15(12)16)17(21)11-1-6-14(7-2-11)24(22,23)19-13-4-5-13/h1-2,6-7,12-13,15-16,19H,3-5,8-10,18H2. The van der Waals surface area contributed by atoms with Crippen molar-refractivity contribution in [2.75, 3.05) is 13.1 Å². The Kier molecular flexibility index (Phi) is 3.89. The fraction of sp³-hybridized carbons (Fsp3) is 0.588. The van der Waals surface area contributed by atoms with E-state index in [0.717, 1.165) is 32.2 Å². The minimum atomic E-state index is -3.47. The van der Waals surface area contributed by atoms with E-state index in [1.54, 1.807) is 12.1 Å². The Morgan fingerprint density at radius 2 is 1.79 bits per heavy atom. The first-order chi connectivity index (χ1) is 11.4. The Bertz CT molecular complexity index is 743. The average Bonchev–Trinajstić information content (AvgIpc) is 3.15. The molecule has 3 N–H and O–H groups in total. The summed E-state index contributed by atoms with van der Waals surface area (Å²) in [4.78, 5) is 14.7. The SMILES string of the molecule is NC1CCC2CN(C(=O)c3ccc(S(=O)(=O)NC4CC4)cc3)CC12. The molecule has 1 amide bonds. The van der Waals surface area contributed by atoms with Crippen LogP contribution in [0.25, 0.3) is 0 Å². The van der Waals surface area contributed by atoms with Gasteiger partial charge in [0.2, 0.25) is 10.0 Å². The molecule has 0 spiro atoms. The molecule has 3 unspecified atom stereocenters. The molecule has 0 radical (unpaired) electrons. The van der Waals surface area contributed by atoms with Crippen LogP contribution in [0.4, 0.5) is 0 Å². The Morgan fingerprint density at radius 1 is 1.08 bits per heavy atom. The summed E-state index contributed by atoms with van der Waals surface area (Å²) in [6.07, 6.45) is 3.95. The summed E-state index contributed by atoms with van der Waals surface area (Å²) in [6, 6.07) is 6.52. The Labute approximate surface area is 142 Å². The van der Waals surface area contributed by atoms with Gasteiger partial charge in [0.25, 0.3) is 5.91 Å². The number of amides is 1. The predicted molar refractivity (Wildman–Crippen MR) is 89.9 cm³/mol. The first kappa shape index (κ1) is 16.1. The molecule has 0 aromatic heterocycles. The van der Waals surface area contributed by atoms with Crippen molar-refractivity contribution in [1.29, 1.82) is 0 Å². The van der Waals surface area contributed by atoms with Crippen LogP contribution in [0.15, 0.2) is 29.2 Å². The summed E-state index contributed by atoms with van der Waals surface area (Å²) in [6.45, 7) is 1.48. The number of nitrogens with one attached hydrogen (secondary N) is 1. The van der Waals surface area contributed by atoms with Crippen molar-refractivity contribution in [1.82, 2.24) is 9.62 Å². The van der Waals surface area contributed by atoms with Crippen LogP contribution in [-0.4, -0.2) is 44.4 Å². The van der Waals surface area contributed by atoms with Gasteiger partial charge < -0.3 is 10.6 Å². The van der Waals surface area contributed by atoms with Crippen LogP contribution in [-0.2, 0) is 10.0 Å². The minimum absolute atomic E-state index is 0.0318. The summed E-state index contributed by atoms with van der Waals surface area (Å²) in [5.74, 6) is 0.901. The molecule has 0 bridgehead atoms. The third-order valence-electron chi connectivity index (χ3n) is 5.51. The molecular formula is C17H23N3O3S. The van der Waals surface area contributed by atoms with Crippen molar-refractivity contribution in [3.63, 3.8) is 0 Å². The number of fused-ring (bicyclic) bond motifs is 1. The molecule has 3 fully saturated rings. The number of nitrogens with two attached hydrogens (primary N) is 1. The summed E-state index contributed by atoms with van der Waals surface area (Å²) in [7, 11) is -3.47. The van der Waals surface area contributed by atoms with Gasteiger partial charge in [0, 0.05) is 30.7 Å². The zero-order chi connectivity index (χ0) is 16.9. The normalized spacial score (nSPS) is 29.7. The van der Waals surface area contributed by atoms with E-state index in [-0.39, 0.29) is 22.9 Å². The van der Waals surface area contributed by atoms with Gasteiger partial charge in [0.15, 0.2) is 0 Å². The van der Waals surface area contributed by atoms with Crippen molar-refractivity contribution in [2.24, 2.45) is 17.6 Å². The van der Waals surface area contributed by atoms with Crippen LogP contribution in [0.5, 0.6) is 0 Å². The smallest absolute Gasteiger partial charge is 0.253 e. The minimum Gasteiger partial charge on any atom is -0.338 e. The van der Waals surface area contributed by atoms with Crippen LogP contribution in [0.2, 0.25) is 0 Å². The highest BCUT2D eigenvalue weighted by atomic mass is 32.2. The third-order valence-corrected chi connectivity index (χ3v) is 7.05. The molecule has 1 heterocycles. The van der Waals surface area contributed by atoms with Crippen molar-refractivity contribution < 1.29 is 13.2 Å². The number of hydrogen-bond donors (Lipinski definition) is 2. The second kappa shape index (κ2) is 5.82. The molecule has 1 aliphatic heterocycles. The fourth-order valence-corrected chi connectivity index (χ4v) is 5.23. The zero-order valence-electron chi connectivity index (χ0n) is 13.5. The molecule has 2 aliphatic carbocycles. The maximum absolute atomic E-state index is 12.7. The van der Waals surface area contributed by atoms with Gasteiger partial charge in [-0.1, -0.05) is 0 Å². The highest BCUT2D eigenvalue weighted by Gasteiger charge is 2.42. The molecule has 6 nitrogen and oxygen atoms in total. The Balaban J connectivity index is 1.46. The monoisotopic (exact) mass is 349 g/mol. The summed E-state index contributed by atoms with van der Waals surface area (Å²) in [5, 5.41) is 0. The van der Waals surface area contributed by atoms with E-state index in [1.807, 2.05) is 4.90 Å². The molecule has 24 heavy (non-hydrogen) atoms. The molecule has 1 aromatic rings. The average molecular weight is 349 g/mol. The number of likely N-dealkylation sites (tertiary alicyclic amines) is 1. The zero-order valence-corrected chi connectivity index (χ0v) is 14.3. The lowest BCUT2D eigenvalue weighted by atomic mass is 9.98. The number of carbonyl (C=O) groups excluding carboxylic acids is 1. The van der Waals surface area contributed by atoms with Gasteiger partial charge >= 0.3 is 0 Å². The Hall–Kier alpha value is -1.44. The van der Waals surface area contributed by atoms with E-state index in [9.17, 15) is 13.2 Å². The third kappa shape index (κ3) is 2.96. The van der Waals surface area contributed by atoms with Crippen LogP contribution in [0.1, 0.15) is 36.0 Å². The Morgan fingerprint density at radius 3 is 2.42 bits per heavy atom. The lowest BCUT2D eigenvalue weighted by molar-refractivity contribution is 0.0779. The van der Waals surface area contributed by atoms with Crippen LogP contribution in [0.3, 0.4) is 0 Å². The quantitative estimate of drug-likeness (QED) is 0.846. The number of carbonyl (C=O) groups is 1. The number of rotatable bonds is 4. The van der Waals surface area contributed by atoms with Gasteiger partial charge in [-0.25, -0.2) is 13.1 Å². The largest absolute Gasteiger partial charge is 0.338 e. The predicted octanol–water partition coefficient (Wildman–Crippen LogP) is 0.937. The van der Waals surface area contributed by atoms with Gasteiger partial charge in [0.1, 0.15) is 0 Å². The van der Waals surface area contributed by atoms with Crippen LogP contribution < -0.4 is 10.5 Å². The first-order valence-corrected chi connectivity index (χ1v) is 10.1. The molecular weight excluding hydrogens is 326 g/mol. The highest BCUT2D eigenvalue weighted by Crippen LogP contribution is 2.37. The van der Waals surface area contributed by atoms with Crippen molar-refractivity contribution in [3.05, 3.63) is 29.8 Å². The molecule has 3 aliphatic rings. The topological polar surface area (TPSA) is 92.5 Å². The van der Waals surface area contributed by atoms with Crippen LogP contribution in [0, 0.1) is 11.8 Å². The number of nitrogens with zero attached hydrogens (tertiary/aromatic N) is 1. The fourth-order valence-electron chi connectivity index (χ4n) is 3.92. The maximum Gasteiger partial charge on any atom is 0.253 e. The van der Waals surface area contributed by atoms with Gasteiger partial charge in [-0.2, -0.15) is 0 Å². The lowest BCUT2D eigenvalue weighted by Gasteiger charge is -2.19. The highest BCUT2D eigenvalue weighted by molar-refractivity contribution is 7.89. The second-order valence-electron chi connectivity index (χ2n) is 7.30. The van der Waals surface area contributed by atoms with Gasteiger partial charge in [-0.3, -0.25) is 4.79 Å². The summed E-state index contributed by atoms with van der Waals surface area (Å²) < 4.78 is 27.0. The van der Waals surface area contributed by atoms with E-state index in [4.69, 9.17) is 5.73 Å². The van der Waals surface area contributed by atoms with Crippen molar-refractivity contribution in [2.45, 2.75) is 42.7 Å². The first-order valence-electron chi connectivity index (χ1n) is 8.61. The number of hydrogen-bond acceptors (Lipinski definition) is 4. The molecule has 1 saturated heterocycles. The molecule has 3 atom stereocenters. The maximum atomic E-state index is 12.7. The van der Waals surface area contributed by atoms with E-state index in [0.29, 0.717) is 23.9 Å². The molecule has 2 saturated carbocycles. The number of sulfonamides is 1. The van der Waals surface area contributed by atoms with E-state index >= 15 is 0 Å². The second-order valence-corrected chi connectivity index (χ2v) is 9.01.